The molecule has 1 aromatic rings. The predicted molar refractivity (Wildman–Crippen MR) is 77.8 cm³/mol. The molecular weight excluding hydrogens is 310 g/mol. The van der Waals surface area contributed by atoms with Crippen molar-refractivity contribution in [1.82, 2.24) is 5.32 Å². The van der Waals surface area contributed by atoms with Crippen molar-refractivity contribution in [2.75, 3.05) is 33.4 Å². The van der Waals surface area contributed by atoms with E-state index >= 15 is 0 Å². The molecule has 1 aromatic carbocycles. The number of aliphatic hydroxyl groups is 1. The van der Waals surface area contributed by atoms with E-state index in [9.17, 15) is 5.11 Å². The predicted octanol–water partition coefficient (Wildman–Crippen LogP) is 1.52. The highest BCUT2D eigenvalue weighted by Gasteiger charge is 2.19. The summed E-state index contributed by atoms with van der Waals surface area (Å²) >= 11 is 3.51. The van der Waals surface area contributed by atoms with E-state index in [0.717, 1.165) is 35.4 Å². The first kappa shape index (κ1) is 14.8. The molecule has 19 heavy (non-hydrogen) atoms. The van der Waals surface area contributed by atoms with Gasteiger partial charge in [0.15, 0.2) is 0 Å². The lowest BCUT2D eigenvalue weighted by atomic mass is 10.0. The first-order chi connectivity index (χ1) is 9.20. The second kappa shape index (κ2) is 7.24. The maximum atomic E-state index is 10.0. The van der Waals surface area contributed by atoms with E-state index in [1.807, 2.05) is 6.07 Å². The second-order valence-corrected chi connectivity index (χ2v) is 5.62. The summed E-state index contributed by atoms with van der Waals surface area (Å²) in [6, 6.07) is 4.12. The average Bonchev–Trinajstić information content (AvgIpc) is 2.82. The molecular formula is C14H20BrNO3. The SMILES string of the molecule is COCCNCC(O)Cc1cc(Br)cc2c1OCC2. The van der Waals surface area contributed by atoms with Gasteiger partial charge < -0.3 is 19.9 Å². The summed E-state index contributed by atoms with van der Waals surface area (Å²) in [5.74, 6) is 0.958. The molecule has 0 aliphatic carbocycles. The smallest absolute Gasteiger partial charge is 0.125 e. The molecule has 1 heterocycles. The van der Waals surface area contributed by atoms with Crippen LogP contribution in [-0.2, 0) is 17.6 Å². The lowest BCUT2D eigenvalue weighted by molar-refractivity contribution is 0.159. The zero-order valence-electron chi connectivity index (χ0n) is 11.1. The molecule has 0 radical (unpaired) electrons. The summed E-state index contributed by atoms with van der Waals surface area (Å²) in [5, 5.41) is 13.2. The maximum absolute atomic E-state index is 10.0. The Morgan fingerprint density at radius 1 is 1.53 bits per heavy atom. The Labute approximate surface area is 122 Å². The van der Waals surface area contributed by atoms with E-state index in [0.29, 0.717) is 19.6 Å². The first-order valence-electron chi connectivity index (χ1n) is 6.52. The van der Waals surface area contributed by atoms with Crippen molar-refractivity contribution < 1.29 is 14.6 Å². The largest absolute Gasteiger partial charge is 0.493 e. The van der Waals surface area contributed by atoms with E-state index in [1.54, 1.807) is 7.11 Å². The lowest BCUT2D eigenvalue weighted by Gasteiger charge is -2.14. The van der Waals surface area contributed by atoms with E-state index in [2.05, 4.69) is 27.3 Å². The fourth-order valence-corrected chi connectivity index (χ4v) is 2.82. The zero-order valence-corrected chi connectivity index (χ0v) is 12.7. The van der Waals surface area contributed by atoms with Crippen LogP contribution in [0.4, 0.5) is 0 Å². The van der Waals surface area contributed by atoms with Gasteiger partial charge in [-0.1, -0.05) is 15.9 Å². The van der Waals surface area contributed by atoms with E-state index < -0.39 is 6.10 Å². The number of hydrogen-bond donors (Lipinski definition) is 2. The van der Waals surface area contributed by atoms with Crippen molar-refractivity contribution in [3.63, 3.8) is 0 Å². The molecule has 0 amide bonds. The van der Waals surface area contributed by atoms with Gasteiger partial charge in [-0.3, -0.25) is 0 Å². The van der Waals surface area contributed by atoms with Crippen LogP contribution in [0.3, 0.4) is 0 Å². The van der Waals surface area contributed by atoms with Crippen molar-refractivity contribution >= 4 is 15.9 Å². The Morgan fingerprint density at radius 3 is 3.16 bits per heavy atom. The number of fused-ring (bicyclic) bond motifs is 1. The van der Waals surface area contributed by atoms with E-state index in [4.69, 9.17) is 9.47 Å². The van der Waals surface area contributed by atoms with Gasteiger partial charge in [0.05, 0.1) is 19.3 Å². The highest BCUT2D eigenvalue weighted by molar-refractivity contribution is 9.10. The minimum absolute atomic E-state index is 0.417. The van der Waals surface area contributed by atoms with Crippen LogP contribution in [0.5, 0.6) is 5.75 Å². The molecule has 106 valence electrons. The van der Waals surface area contributed by atoms with E-state index in [1.165, 1.54) is 5.56 Å². The van der Waals surface area contributed by atoms with Crippen LogP contribution in [0.25, 0.3) is 0 Å². The summed E-state index contributed by atoms with van der Waals surface area (Å²) in [6.07, 6.45) is 1.13. The van der Waals surface area contributed by atoms with Crippen LogP contribution >= 0.6 is 15.9 Å². The standard InChI is InChI=1S/C14H20BrNO3/c1-18-5-3-16-9-13(17)8-11-7-12(15)6-10-2-4-19-14(10)11/h6-7,13,16-17H,2-5,8-9H2,1H3. The van der Waals surface area contributed by atoms with Gasteiger partial charge in [-0.15, -0.1) is 0 Å². The molecule has 0 saturated carbocycles. The lowest BCUT2D eigenvalue weighted by Crippen LogP contribution is -2.30. The fourth-order valence-electron chi connectivity index (χ4n) is 2.27. The van der Waals surface area contributed by atoms with Crippen LogP contribution < -0.4 is 10.1 Å². The number of halogens is 1. The van der Waals surface area contributed by atoms with Crippen LogP contribution in [-0.4, -0.2) is 44.6 Å². The third-order valence-electron chi connectivity index (χ3n) is 3.14. The molecule has 0 bridgehead atoms. The number of hydrogen-bond acceptors (Lipinski definition) is 4. The normalized spacial score (nSPS) is 15.1. The van der Waals surface area contributed by atoms with Crippen LogP contribution in [0.15, 0.2) is 16.6 Å². The molecule has 0 fully saturated rings. The van der Waals surface area contributed by atoms with Gasteiger partial charge in [0, 0.05) is 37.5 Å². The number of nitrogens with one attached hydrogen (secondary N) is 1. The minimum Gasteiger partial charge on any atom is -0.493 e. The van der Waals surface area contributed by atoms with Gasteiger partial charge in [0.25, 0.3) is 0 Å². The molecule has 0 aromatic heterocycles. The molecule has 0 spiro atoms. The molecule has 1 aliphatic rings. The minimum atomic E-state index is -0.417. The van der Waals surface area contributed by atoms with Crippen molar-refractivity contribution in [3.8, 4) is 5.75 Å². The molecule has 1 atom stereocenters. The van der Waals surface area contributed by atoms with Gasteiger partial charge >= 0.3 is 0 Å². The third kappa shape index (κ3) is 4.18. The average molecular weight is 330 g/mol. The zero-order chi connectivity index (χ0) is 13.7. The Morgan fingerprint density at radius 2 is 2.37 bits per heavy atom. The number of methoxy groups -OCH3 is 1. The fraction of sp³-hybridized carbons (Fsp3) is 0.571. The summed E-state index contributed by atoms with van der Waals surface area (Å²) in [6.45, 7) is 2.70. The summed E-state index contributed by atoms with van der Waals surface area (Å²) < 4.78 is 11.7. The van der Waals surface area contributed by atoms with Gasteiger partial charge in [-0.05, 0) is 23.3 Å². The van der Waals surface area contributed by atoms with Gasteiger partial charge in [0.2, 0.25) is 0 Å². The van der Waals surface area contributed by atoms with Crippen LogP contribution in [0.2, 0.25) is 0 Å². The molecule has 1 aliphatic heterocycles. The summed E-state index contributed by atoms with van der Waals surface area (Å²) in [4.78, 5) is 0. The summed E-state index contributed by atoms with van der Waals surface area (Å²) in [5.41, 5.74) is 2.30. The Kier molecular flexibility index (Phi) is 5.63. The van der Waals surface area contributed by atoms with Crippen LogP contribution in [0.1, 0.15) is 11.1 Å². The molecule has 2 rings (SSSR count). The van der Waals surface area contributed by atoms with Crippen LogP contribution in [0, 0.1) is 0 Å². The summed E-state index contributed by atoms with van der Waals surface area (Å²) in [7, 11) is 1.67. The van der Waals surface area contributed by atoms with Gasteiger partial charge in [-0.2, -0.15) is 0 Å². The molecule has 5 heteroatoms. The third-order valence-corrected chi connectivity index (χ3v) is 3.60. The van der Waals surface area contributed by atoms with Crippen molar-refractivity contribution in [1.29, 1.82) is 0 Å². The highest BCUT2D eigenvalue weighted by Crippen LogP contribution is 2.33. The first-order valence-corrected chi connectivity index (χ1v) is 7.32. The second-order valence-electron chi connectivity index (χ2n) is 4.71. The molecule has 2 N–H and O–H groups in total. The number of ether oxygens (including phenoxy) is 2. The Hall–Kier alpha value is -0.620. The highest BCUT2D eigenvalue weighted by atomic mass is 79.9. The quantitative estimate of drug-likeness (QED) is 0.745. The molecule has 4 nitrogen and oxygen atoms in total. The Balaban J connectivity index is 1.92. The van der Waals surface area contributed by atoms with E-state index in [-0.39, 0.29) is 0 Å². The maximum Gasteiger partial charge on any atom is 0.125 e. The number of benzene rings is 1. The topological polar surface area (TPSA) is 50.7 Å². The van der Waals surface area contributed by atoms with Crippen molar-refractivity contribution in [3.05, 3.63) is 27.7 Å². The van der Waals surface area contributed by atoms with Crippen molar-refractivity contribution in [2.24, 2.45) is 0 Å². The van der Waals surface area contributed by atoms with Gasteiger partial charge in [0.1, 0.15) is 5.75 Å². The molecule has 1 unspecified atom stereocenters. The Bertz CT molecular complexity index is 425. The van der Waals surface area contributed by atoms with Gasteiger partial charge in [-0.25, -0.2) is 0 Å². The number of rotatable bonds is 7. The number of aliphatic hydroxyl groups excluding tert-OH is 1. The monoisotopic (exact) mass is 329 g/mol. The molecule has 0 saturated heterocycles. The van der Waals surface area contributed by atoms with Crippen molar-refractivity contribution in [2.45, 2.75) is 18.9 Å².